The Morgan fingerprint density at radius 2 is 1.76 bits per heavy atom. The zero-order valence-corrected chi connectivity index (χ0v) is 20.8. The first-order valence-corrected chi connectivity index (χ1v) is 11.8. The van der Waals surface area contributed by atoms with Gasteiger partial charge in [0.1, 0.15) is 5.75 Å². The summed E-state index contributed by atoms with van der Waals surface area (Å²) in [5.41, 5.74) is 9.71. The molecule has 0 aliphatic carbocycles. The van der Waals surface area contributed by atoms with Crippen LogP contribution in [0.3, 0.4) is 0 Å². The molecule has 0 bridgehead atoms. The molecule has 0 unspecified atom stereocenters. The highest BCUT2D eigenvalue weighted by atomic mass is 35.5. The molecule has 0 atom stereocenters. The fourth-order valence-electron chi connectivity index (χ4n) is 4.10. The first-order chi connectivity index (χ1) is 16.0. The second-order valence-corrected chi connectivity index (χ2v) is 8.52. The van der Waals surface area contributed by atoms with Crippen LogP contribution in [0.15, 0.2) is 42.5 Å². The molecule has 1 fully saturated rings. The summed E-state index contributed by atoms with van der Waals surface area (Å²) < 4.78 is 11.2. The van der Waals surface area contributed by atoms with Crippen LogP contribution in [0, 0.1) is 5.41 Å². The van der Waals surface area contributed by atoms with Crippen molar-refractivity contribution in [1.82, 2.24) is 10.2 Å². The summed E-state index contributed by atoms with van der Waals surface area (Å²) in [4.78, 5) is 14.4. The zero-order valence-electron chi connectivity index (χ0n) is 20.0. The molecule has 0 spiro atoms. The average Bonchev–Trinajstić information content (AvgIpc) is 2.81. The van der Waals surface area contributed by atoms with Gasteiger partial charge < -0.3 is 15.2 Å². The summed E-state index contributed by atoms with van der Waals surface area (Å²) in [6.45, 7) is 4.58. The molecule has 186 valence electrons. The fourth-order valence-corrected chi connectivity index (χ4v) is 4.10. The number of guanidine groups is 1. The lowest BCUT2D eigenvalue weighted by atomic mass is 9.99. The number of benzene rings is 2. The van der Waals surface area contributed by atoms with Crippen LogP contribution in [0.4, 0.5) is 0 Å². The van der Waals surface area contributed by atoms with E-state index in [9.17, 15) is 4.79 Å². The number of halogens is 1. The Balaban J connectivity index is 0.00000408. The van der Waals surface area contributed by atoms with Crippen LogP contribution in [-0.4, -0.2) is 50.2 Å². The molecule has 3 rings (SSSR count). The third-order valence-corrected chi connectivity index (χ3v) is 5.83. The Bertz CT molecular complexity index is 915. The van der Waals surface area contributed by atoms with E-state index in [0.29, 0.717) is 19.6 Å². The van der Waals surface area contributed by atoms with Gasteiger partial charge in [0, 0.05) is 38.7 Å². The van der Waals surface area contributed by atoms with Crippen LogP contribution in [-0.2, 0) is 22.5 Å². The predicted molar refractivity (Wildman–Crippen MR) is 139 cm³/mol. The van der Waals surface area contributed by atoms with Crippen LogP contribution in [0.1, 0.15) is 43.2 Å². The van der Waals surface area contributed by atoms with Gasteiger partial charge in [0.25, 0.3) is 0 Å². The van der Waals surface area contributed by atoms with E-state index in [4.69, 9.17) is 20.6 Å². The van der Waals surface area contributed by atoms with Crippen molar-refractivity contribution < 1.29 is 14.3 Å². The molecule has 8 heteroatoms. The highest BCUT2D eigenvalue weighted by molar-refractivity contribution is 5.94. The van der Waals surface area contributed by atoms with E-state index in [1.54, 1.807) is 7.11 Å². The molecule has 1 aliphatic heterocycles. The van der Waals surface area contributed by atoms with Crippen LogP contribution < -0.4 is 15.8 Å². The van der Waals surface area contributed by atoms with Crippen molar-refractivity contribution in [2.75, 3.05) is 33.4 Å². The van der Waals surface area contributed by atoms with Gasteiger partial charge in [-0.05, 0) is 55.1 Å². The van der Waals surface area contributed by atoms with Crippen molar-refractivity contribution in [3.63, 3.8) is 0 Å². The van der Waals surface area contributed by atoms with Gasteiger partial charge in [-0.2, -0.15) is 0 Å². The largest absolute Gasteiger partial charge is 0.493 e. The molecule has 0 saturated carbocycles. The first kappa shape index (κ1) is 27.6. The Hall–Kier alpha value is -2.61. The van der Waals surface area contributed by atoms with Gasteiger partial charge in [0.2, 0.25) is 5.91 Å². The number of likely N-dealkylation sites (tertiary alicyclic amines) is 1. The molecule has 2 aromatic carbocycles. The van der Waals surface area contributed by atoms with Crippen LogP contribution >= 0.6 is 12.4 Å². The lowest BCUT2D eigenvalue weighted by Gasteiger charge is -2.26. The molecule has 34 heavy (non-hydrogen) atoms. The van der Waals surface area contributed by atoms with Gasteiger partial charge in [0.15, 0.2) is 5.96 Å². The van der Waals surface area contributed by atoms with Crippen LogP contribution in [0.2, 0.25) is 0 Å². The number of amides is 1. The second kappa shape index (κ2) is 14.6. The van der Waals surface area contributed by atoms with Gasteiger partial charge in [-0.25, -0.2) is 0 Å². The van der Waals surface area contributed by atoms with E-state index in [0.717, 1.165) is 35.4 Å². The van der Waals surface area contributed by atoms with Crippen molar-refractivity contribution in [3.8, 4) is 16.9 Å². The fraction of sp³-hybridized carbons (Fsp3) is 0.462. The van der Waals surface area contributed by atoms with E-state index in [1.807, 2.05) is 12.1 Å². The Morgan fingerprint density at radius 3 is 2.44 bits per heavy atom. The van der Waals surface area contributed by atoms with E-state index < -0.39 is 0 Å². The van der Waals surface area contributed by atoms with E-state index in [-0.39, 0.29) is 30.7 Å². The number of carbonyl (C=O) groups excluding carboxylic acids is 1. The van der Waals surface area contributed by atoms with Crippen molar-refractivity contribution in [2.45, 2.75) is 45.1 Å². The highest BCUT2D eigenvalue weighted by Gasteiger charge is 2.12. The molecular weight excluding hydrogens is 452 g/mol. The van der Waals surface area contributed by atoms with E-state index >= 15 is 0 Å². The minimum absolute atomic E-state index is 0. The predicted octanol–water partition coefficient (Wildman–Crippen LogP) is 4.12. The SMILES string of the molecule is COCCCOc1cc(CCC(=O)NC(=N)N)ccc1-c1ccc(CN2CCCCC2)cc1.Cl. The Kier molecular flexibility index (Phi) is 11.9. The quantitative estimate of drug-likeness (QED) is 0.251. The number of nitrogens with two attached hydrogens (primary N) is 1. The second-order valence-electron chi connectivity index (χ2n) is 8.52. The van der Waals surface area contributed by atoms with Crippen molar-refractivity contribution >= 4 is 24.3 Å². The van der Waals surface area contributed by atoms with E-state index in [1.165, 1.54) is 37.9 Å². The standard InChI is InChI=1S/C26H36N4O3.ClH/c1-32-16-5-17-33-24-18-20(9-13-25(31)29-26(27)28)8-12-23(24)22-10-6-21(7-11-22)19-30-14-3-2-4-15-30;/h6-8,10-12,18H,2-5,9,13-17,19H2,1H3,(H4,27,28,29,31);1H. The minimum Gasteiger partial charge on any atom is -0.493 e. The van der Waals surface area contributed by atoms with Crippen molar-refractivity contribution in [3.05, 3.63) is 53.6 Å². The van der Waals surface area contributed by atoms with Crippen LogP contribution in [0.25, 0.3) is 11.1 Å². The topological polar surface area (TPSA) is 101 Å². The van der Waals surface area contributed by atoms with E-state index in [2.05, 4.69) is 40.5 Å². The number of hydrogen-bond acceptors (Lipinski definition) is 5. The summed E-state index contributed by atoms with van der Waals surface area (Å²) in [5, 5.41) is 9.50. The number of aryl methyl sites for hydroxylation is 1. The maximum absolute atomic E-state index is 11.8. The van der Waals surface area contributed by atoms with Gasteiger partial charge in [0.05, 0.1) is 6.61 Å². The number of rotatable bonds is 11. The monoisotopic (exact) mass is 488 g/mol. The third kappa shape index (κ3) is 8.97. The maximum atomic E-state index is 11.8. The molecule has 1 saturated heterocycles. The van der Waals surface area contributed by atoms with Gasteiger partial charge in [-0.3, -0.25) is 20.4 Å². The third-order valence-electron chi connectivity index (χ3n) is 5.83. The number of methoxy groups -OCH3 is 1. The zero-order chi connectivity index (χ0) is 23.5. The average molecular weight is 489 g/mol. The molecule has 1 heterocycles. The molecule has 0 aromatic heterocycles. The molecule has 2 aromatic rings. The molecular formula is C26H37ClN4O3. The summed E-state index contributed by atoms with van der Waals surface area (Å²) in [7, 11) is 1.68. The first-order valence-electron chi connectivity index (χ1n) is 11.8. The number of ether oxygens (including phenoxy) is 2. The number of nitrogens with zero attached hydrogens (tertiary/aromatic N) is 1. The molecule has 1 amide bonds. The van der Waals surface area contributed by atoms with Crippen molar-refractivity contribution in [1.29, 1.82) is 5.41 Å². The Labute approximate surface area is 208 Å². The van der Waals surface area contributed by atoms with Gasteiger partial charge >= 0.3 is 0 Å². The summed E-state index contributed by atoms with van der Waals surface area (Å²) in [6.07, 6.45) is 5.54. The highest BCUT2D eigenvalue weighted by Crippen LogP contribution is 2.32. The Morgan fingerprint density at radius 1 is 1.06 bits per heavy atom. The lowest BCUT2D eigenvalue weighted by molar-refractivity contribution is -0.119. The molecule has 1 aliphatic rings. The maximum Gasteiger partial charge on any atom is 0.226 e. The minimum atomic E-state index is -0.332. The summed E-state index contributed by atoms with van der Waals surface area (Å²) in [5.74, 6) is 0.207. The molecule has 4 N–H and O–H groups in total. The molecule has 0 radical (unpaired) electrons. The van der Waals surface area contributed by atoms with Gasteiger partial charge in [-0.15, -0.1) is 12.4 Å². The number of piperidine rings is 1. The molecule has 7 nitrogen and oxygen atoms in total. The summed E-state index contributed by atoms with van der Waals surface area (Å²) in [6, 6.07) is 14.8. The normalized spacial score (nSPS) is 13.7. The lowest BCUT2D eigenvalue weighted by Crippen LogP contribution is -2.35. The smallest absolute Gasteiger partial charge is 0.226 e. The van der Waals surface area contributed by atoms with Crippen molar-refractivity contribution in [2.24, 2.45) is 5.73 Å². The number of nitrogens with one attached hydrogen (secondary N) is 2. The van der Waals surface area contributed by atoms with Crippen LogP contribution in [0.5, 0.6) is 5.75 Å². The number of carbonyl (C=O) groups is 1. The van der Waals surface area contributed by atoms with Gasteiger partial charge in [-0.1, -0.05) is 42.8 Å². The summed E-state index contributed by atoms with van der Waals surface area (Å²) >= 11 is 0. The number of hydrogen-bond donors (Lipinski definition) is 3.